The fourth-order valence-electron chi connectivity index (χ4n) is 3.40. The van der Waals surface area contributed by atoms with Gasteiger partial charge in [0.2, 0.25) is 0 Å². The first-order chi connectivity index (χ1) is 10.2. The molecule has 0 amide bonds. The fraction of sp³-hybridized carbons (Fsp3) is 0.706. The average molecular weight is 308 g/mol. The predicted molar refractivity (Wildman–Crippen MR) is 80.0 cm³/mol. The van der Waals surface area contributed by atoms with Crippen LogP contribution >= 0.6 is 0 Å². The van der Waals surface area contributed by atoms with Gasteiger partial charge in [0.15, 0.2) is 5.78 Å². The van der Waals surface area contributed by atoms with Gasteiger partial charge in [-0.05, 0) is 58.1 Å². The number of carbonyl (C=O) groups is 3. The zero-order valence-electron chi connectivity index (χ0n) is 13.7. The summed E-state index contributed by atoms with van der Waals surface area (Å²) in [4.78, 5) is 36.4. The molecule has 0 N–H and O–H groups in total. The molecule has 5 nitrogen and oxygen atoms in total. The van der Waals surface area contributed by atoms with E-state index >= 15 is 0 Å². The molecule has 5 heteroatoms. The maximum atomic E-state index is 12.4. The Hall–Kier alpha value is -1.65. The van der Waals surface area contributed by atoms with E-state index in [0.717, 1.165) is 5.57 Å². The van der Waals surface area contributed by atoms with Crippen LogP contribution in [-0.4, -0.2) is 30.4 Å². The number of esters is 2. The second-order valence-corrected chi connectivity index (χ2v) is 7.18. The van der Waals surface area contributed by atoms with Crippen molar-refractivity contribution < 1.29 is 23.9 Å². The zero-order valence-corrected chi connectivity index (χ0v) is 13.7. The van der Waals surface area contributed by atoms with Gasteiger partial charge < -0.3 is 9.47 Å². The molecule has 2 atom stereocenters. The standard InChI is InChI=1S/C17H24O5/c1-16(2,3)22-14(19)11-5-6-12-9-13(18)7-8-17(12,10-11)15(20)21-4/h9,11H,5-8,10H2,1-4H3/t11-,17?/m1/s1. The summed E-state index contributed by atoms with van der Waals surface area (Å²) in [5, 5.41) is 0. The van der Waals surface area contributed by atoms with Crippen molar-refractivity contribution in [1.29, 1.82) is 0 Å². The van der Waals surface area contributed by atoms with Crippen molar-refractivity contribution in [2.24, 2.45) is 11.3 Å². The van der Waals surface area contributed by atoms with Gasteiger partial charge >= 0.3 is 11.9 Å². The second kappa shape index (κ2) is 5.86. The first-order valence-corrected chi connectivity index (χ1v) is 7.73. The van der Waals surface area contributed by atoms with Crippen LogP contribution in [0.25, 0.3) is 0 Å². The van der Waals surface area contributed by atoms with Crippen LogP contribution in [0, 0.1) is 11.3 Å². The summed E-state index contributed by atoms with van der Waals surface area (Å²) < 4.78 is 10.4. The van der Waals surface area contributed by atoms with Crippen molar-refractivity contribution in [2.45, 2.75) is 58.5 Å². The van der Waals surface area contributed by atoms with Crippen molar-refractivity contribution in [2.75, 3.05) is 7.11 Å². The number of rotatable bonds is 2. The fourth-order valence-corrected chi connectivity index (χ4v) is 3.40. The van der Waals surface area contributed by atoms with Crippen molar-refractivity contribution in [1.82, 2.24) is 0 Å². The molecule has 2 aliphatic rings. The second-order valence-electron chi connectivity index (χ2n) is 7.18. The SMILES string of the molecule is COC(=O)C12CCC(=O)C=C1CC[C@@H](C(=O)OC(C)(C)C)C2. The highest BCUT2D eigenvalue weighted by Crippen LogP contribution is 2.50. The Morgan fingerprint density at radius 3 is 2.55 bits per heavy atom. The lowest BCUT2D eigenvalue weighted by Gasteiger charge is -2.42. The molecule has 2 rings (SSSR count). The summed E-state index contributed by atoms with van der Waals surface area (Å²) in [5.41, 5.74) is -0.563. The van der Waals surface area contributed by atoms with Gasteiger partial charge in [-0.3, -0.25) is 14.4 Å². The Bertz CT molecular complexity index is 526. The van der Waals surface area contributed by atoms with Crippen molar-refractivity contribution in [3.8, 4) is 0 Å². The monoisotopic (exact) mass is 308 g/mol. The van der Waals surface area contributed by atoms with E-state index in [9.17, 15) is 14.4 Å². The summed E-state index contributed by atoms with van der Waals surface area (Å²) >= 11 is 0. The van der Waals surface area contributed by atoms with Crippen LogP contribution in [0.1, 0.15) is 52.9 Å². The van der Waals surface area contributed by atoms with E-state index in [-0.39, 0.29) is 23.6 Å². The van der Waals surface area contributed by atoms with Crippen LogP contribution in [0.2, 0.25) is 0 Å². The number of fused-ring (bicyclic) bond motifs is 1. The third kappa shape index (κ3) is 3.23. The van der Waals surface area contributed by atoms with E-state index in [4.69, 9.17) is 9.47 Å². The highest BCUT2D eigenvalue weighted by atomic mass is 16.6. The minimum atomic E-state index is -0.831. The molecule has 0 bridgehead atoms. The van der Waals surface area contributed by atoms with Crippen molar-refractivity contribution >= 4 is 17.7 Å². The van der Waals surface area contributed by atoms with Crippen LogP contribution in [-0.2, 0) is 23.9 Å². The first kappa shape index (κ1) is 16.7. The number of hydrogen-bond acceptors (Lipinski definition) is 5. The van der Waals surface area contributed by atoms with E-state index in [1.165, 1.54) is 7.11 Å². The average Bonchev–Trinajstić information content (AvgIpc) is 2.44. The molecule has 1 fully saturated rings. The summed E-state index contributed by atoms with van der Waals surface area (Å²) in [6, 6.07) is 0. The number of ether oxygens (including phenoxy) is 2. The molecule has 0 spiro atoms. The Morgan fingerprint density at radius 1 is 1.27 bits per heavy atom. The molecule has 1 unspecified atom stereocenters. The molecule has 22 heavy (non-hydrogen) atoms. The topological polar surface area (TPSA) is 69.7 Å². The molecule has 0 aromatic heterocycles. The highest BCUT2D eigenvalue weighted by Gasteiger charge is 2.51. The van der Waals surface area contributed by atoms with E-state index in [1.54, 1.807) is 6.08 Å². The normalized spacial score (nSPS) is 28.5. The molecule has 0 saturated heterocycles. The maximum Gasteiger partial charge on any atom is 0.315 e. The van der Waals surface area contributed by atoms with E-state index in [0.29, 0.717) is 32.1 Å². The molecule has 122 valence electrons. The molecule has 0 aromatic rings. The molecule has 1 saturated carbocycles. The van der Waals surface area contributed by atoms with Gasteiger partial charge in [-0.15, -0.1) is 0 Å². The van der Waals surface area contributed by atoms with Gasteiger partial charge in [0.1, 0.15) is 5.60 Å². The predicted octanol–water partition coefficient (Wildman–Crippen LogP) is 2.58. The lowest BCUT2D eigenvalue weighted by molar-refractivity contribution is -0.164. The number of methoxy groups -OCH3 is 1. The Kier molecular flexibility index (Phi) is 4.45. The van der Waals surface area contributed by atoms with E-state index in [1.807, 2.05) is 20.8 Å². The summed E-state index contributed by atoms with van der Waals surface area (Å²) in [7, 11) is 1.35. The zero-order chi connectivity index (χ0) is 16.5. The number of ketones is 1. The molecule has 0 radical (unpaired) electrons. The smallest absolute Gasteiger partial charge is 0.315 e. The van der Waals surface area contributed by atoms with Gasteiger partial charge in [-0.2, -0.15) is 0 Å². The van der Waals surface area contributed by atoms with E-state index in [2.05, 4.69) is 0 Å². The van der Waals surface area contributed by atoms with Crippen LogP contribution in [0.15, 0.2) is 11.6 Å². The Labute approximate surface area is 131 Å². The third-order valence-electron chi connectivity index (χ3n) is 4.42. The van der Waals surface area contributed by atoms with Crippen LogP contribution < -0.4 is 0 Å². The minimum Gasteiger partial charge on any atom is -0.468 e. The number of allylic oxidation sites excluding steroid dienone is 1. The minimum absolute atomic E-state index is 0.0465. The Morgan fingerprint density at radius 2 is 1.95 bits per heavy atom. The van der Waals surface area contributed by atoms with Crippen molar-refractivity contribution in [3.05, 3.63) is 11.6 Å². The number of carbonyl (C=O) groups excluding carboxylic acids is 3. The summed E-state index contributed by atoms with van der Waals surface area (Å²) in [6.45, 7) is 5.48. The lowest BCUT2D eigenvalue weighted by atomic mass is 9.61. The first-order valence-electron chi connectivity index (χ1n) is 7.73. The van der Waals surface area contributed by atoms with Gasteiger partial charge in [0, 0.05) is 6.42 Å². The quantitative estimate of drug-likeness (QED) is 0.733. The molecular weight excluding hydrogens is 284 g/mol. The molecule has 0 aromatic carbocycles. The van der Waals surface area contributed by atoms with Crippen LogP contribution in [0.5, 0.6) is 0 Å². The van der Waals surface area contributed by atoms with Gasteiger partial charge in [-0.25, -0.2) is 0 Å². The maximum absolute atomic E-state index is 12.4. The van der Waals surface area contributed by atoms with Crippen molar-refractivity contribution in [3.63, 3.8) is 0 Å². The van der Waals surface area contributed by atoms with Crippen LogP contribution in [0.3, 0.4) is 0 Å². The summed E-state index contributed by atoms with van der Waals surface area (Å²) in [6.07, 6.45) is 3.85. The van der Waals surface area contributed by atoms with E-state index < -0.39 is 11.0 Å². The lowest BCUT2D eigenvalue weighted by Crippen LogP contribution is -2.44. The molecule has 2 aliphatic carbocycles. The Balaban J connectivity index is 2.25. The number of hydrogen-bond donors (Lipinski definition) is 0. The molecule has 0 aliphatic heterocycles. The largest absolute Gasteiger partial charge is 0.468 e. The highest BCUT2D eigenvalue weighted by molar-refractivity contribution is 5.95. The van der Waals surface area contributed by atoms with Gasteiger partial charge in [-0.1, -0.05) is 0 Å². The van der Waals surface area contributed by atoms with Gasteiger partial charge in [0.05, 0.1) is 18.4 Å². The summed E-state index contributed by atoms with van der Waals surface area (Å²) in [5.74, 6) is -0.903. The molecular formula is C17H24O5. The third-order valence-corrected chi connectivity index (χ3v) is 4.42. The molecule has 0 heterocycles. The van der Waals surface area contributed by atoms with Crippen LogP contribution in [0.4, 0.5) is 0 Å². The van der Waals surface area contributed by atoms with Gasteiger partial charge in [0.25, 0.3) is 0 Å².